The lowest BCUT2D eigenvalue weighted by Gasteiger charge is -2.22. The molecular weight excluding hydrogens is 286 g/mol. The highest BCUT2D eigenvalue weighted by Crippen LogP contribution is 2.18. The molecule has 21 heavy (non-hydrogen) atoms. The number of sulfonamides is 1. The molecule has 3 N–H and O–H groups in total. The largest absolute Gasteiger partial charge is 0.324 e. The fourth-order valence-electron chi connectivity index (χ4n) is 2.80. The monoisotopic (exact) mass is 311 g/mol. The van der Waals surface area contributed by atoms with Crippen molar-refractivity contribution in [3.63, 3.8) is 0 Å². The molecule has 0 amide bonds. The number of likely N-dealkylation sites (tertiary alicyclic amines) is 1. The van der Waals surface area contributed by atoms with Gasteiger partial charge in [-0.15, -0.1) is 0 Å². The van der Waals surface area contributed by atoms with E-state index in [1.165, 1.54) is 0 Å². The Hall–Kier alpha value is -0.950. The lowest BCUT2D eigenvalue weighted by Crippen LogP contribution is -2.40. The predicted molar refractivity (Wildman–Crippen MR) is 84.5 cm³/mol. The fraction of sp³-hybridized carbons (Fsp3) is 0.600. The van der Waals surface area contributed by atoms with E-state index in [1.807, 2.05) is 13.0 Å². The molecule has 0 saturated carbocycles. The summed E-state index contributed by atoms with van der Waals surface area (Å²) in [6.45, 7) is 6.45. The van der Waals surface area contributed by atoms with Crippen LogP contribution >= 0.6 is 0 Å². The van der Waals surface area contributed by atoms with E-state index in [2.05, 4.69) is 16.5 Å². The molecule has 2 rings (SSSR count). The number of benzene rings is 1. The smallest absolute Gasteiger partial charge is 0.240 e. The van der Waals surface area contributed by atoms with Crippen molar-refractivity contribution in [1.82, 2.24) is 9.62 Å². The van der Waals surface area contributed by atoms with Crippen LogP contribution in [0.3, 0.4) is 0 Å². The van der Waals surface area contributed by atoms with E-state index in [4.69, 9.17) is 5.73 Å². The van der Waals surface area contributed by atoms with Crippen LogP contribution in [0.2, 0.25) is 0 Å². The molecule has 0 aliphatic carbocycles. The summed E-state index contributed by atoms with van der Waals surface area (Å²) in [5.41, 5.74) is 6.64. The van der Waals surface area contributed by atoms with E-state index in [9.17, 15) is 8.42 Å². The van der Waals surface area contributed by atoms with E-state index in [-0.39, 0.29) is 6.04 Å². The second kappa shape index (κ2) is 6.87. The van der Waals surface area contributed by atoms with Crippen LogP contribution in [0.1, 0.15) is 38.3 Å². The Kier molecular flexibility index (Phi) is 5.37. The summed E-state index contributed by atoms with van der Waals surface area (Å²) in [4.78, 5) is 2.61. The number of likely N-dealkylation sites (N-methyl/N-ethyl adjacent to an activating group) is 1. The fourth-order valence-corrected chi connectivity index (χ4v) is 3.92. The summed E-state index contributed by atoms with van der Waals surface area (Å²) in [6, 6.07) is 6.98. The van der Waals surface area contributed by atoms with Crippen molar-refractivity contribution in [2.75, 3.05) is 19.6 Å². The van der Waals surface area contributed by atoms with Crippen LogP contribution in [0.15, 0.2) is 29.2 Å². The number of nitrogens with zero attached hydrogens (tertiary/aromatic N) is 1. The van der Waals surface area contributed by atoms with E-state index in [0.717, 1.165) is 31.5 Å². The molecule has 0 aromatic heterocycles. The Balaban J connectivity index is 2.06. The van der Waals surface area contributed by atoms with Gasteiger partial charge in [-0.3, -0.25) is 4.90 Å². The summed E-state index contributed by atoms with van der Waals surface area (Å²) in [6.07, 6.45) is 2.19. The third kappa shape index (κ3) is 4.03. The van der Waals surface area contributed by atoms with Gasteiger partial charge in [-0.05, 0) is 50.6 Å². The minimum atomic E-state index is -3.47. The minimum Gasteiger partial charge on any atom is -0.324 e. The number of nitrogens with one attached hydrogen (secondary N) is 1. The number of hydrogen-bond acceptors (Lipinski definition) is 4. The summed E-state index contributed by atoms with van der Waals surface area (Å²) in [5, 5.41) is 0. The Morgan fingerprint density at radius 3 is 2.90 bits per heavy atom. The number of rotatable bonds is 6. The molecular formula is C15H25N3O2S. The van der Waals surface area contributed by atoms with Gasteiger partial charge in [0.15, 0.2) is 0 Å². The van der Waals surface area contributed by atoms with Gasteiger partial charge in [0, 0.05) is 18.6 Å². The maximum absolute atomic E-state index is 12.4. The quantitative estimate of drug-likeness (QED) is 0.834. The topological polar surface area (TPSA) is 75.4 Å². The van der Waals surface area contributed by atoms with Gasteiger partial charge >= 0.3 is 0 Å². The first-order valence-corrected chi connectivity index (χ1v) is 9.01. The molecule has 1 aromatic carbocycles. The van der Waals surface area contributed by atoms with Gasteiger partial charge in [-0.2, -0.15) is 0 Å². The lowest BCUT2D eigenvalue weighted by atomic mass is 10.1. The van der Waals surface area contributed by atoms with Crippen LogP contribution in [-0.4, -0.2) is 39.0 Å². The molecule has 1 saturated heterocycles. The van der Waals surface area contributed by atoms with E-state index < -0.39 is 10.0 Å². The third-order valence-corrected chi connectivity index (χ3v) is 5.53. The molecule has 5 nitrogen and oxygen atoms in total. The van der Waals surface area contributed by atoms with Crippen LogP contribution in [0.25, 0.3) is 0 Å². The van der Waals surface area contributed by atoms with E-state index >= 15 is 0 Å². The lowest BCUT2D eigenvalue weighted by molar-refractivity contribution is 0.268. The number of hydrogen-bond donors (Lipinski definition) is 2. The highest BCUT2D eigenvalue weighted by Gasteiger charge is 2.25. The van der Waals surface area contributed by atoms with Gasteiger partial charge in [0.1, 0.15) is 0 Å². The van der Waals surface area contributed by atoms with Gasteiger partial charge < -0.3 is 5.73 Å². The maximum Gasteiger partial charge on any atom is 0.240 e. The molecule has 1 aliphatic heterocycles. The van der Waals surface area contributed by atoms with Crippen LogP contribution in [0.4, 0.5) is 0 Å². The standard InChI is InChI=1S/C15H25N3O2S/c1-3-18-9-5-7-14(18)11-17-21(19,20)15-8-4-6-13(10-15)12(2)16/h4,6,8,10,12,14,17H,3,5,7,9,11,16H2,1-2H3. The zero-order valence-electron chi connectivity index (χ0n) is 12.7. The molecule has 0 bridgehead atoms. The highest BCUT2D eigenvalue weighted by molar-refractivity contribution is 7.89. The van der Waals surface area contributed by atoms with Crippen molar-refractivity contribution in [1.29, 1.82) is 0 Å². The average molecular weight is 311 g/mol. The SMILES string of the molecule is CCN1CCCC1CNS(=O)(=O)c1cccc(C(C)N)c1. The Labute approximate surface area is 127 Å². The third-order valence-electron chi connectivity index (χ3n) is 4.11. The first-order valence-electron chi connectivity index (χ1n) is 7.53. The van der Waals surface area contributed by atoms with E-state index in [0.29, 0.717) is 17.5 Å². The Morgan fingerprint density at radius 1 is 1.48 bits per heavy atom. The molecule has 1 heterocycles. The van der Waals surface area contributed by atoms with Gasteiger partial charge in [0.25, 0.3) is 0 Å². The Bertz CT molecular complexity index is 572. The maximum atomic E-state index is 12.4. The van der Waals surface area contributed by atoms with E-state index in [1.54, 1.807) is 18.2 Å². The van der Waals surface area contributed by atoms with Crippen molar-refractivity contribution in [2.45, 2.75) is 43.7 Å². The summed E-state index contributed by atoms with van der Waals surface area (Å²) < 4.78 is 27.5. The second-order valence-electron chi connectivity index (χ2n) is 5.64. The molecule has 1 aliphatic rings. The van der Waals surface area contributed by atoms with Crippen molar-refractivity contribution in [3.8, 4) is 0 Å². The van der Waals surface area contributed by atoms with Crippen LogP contribution in [0, 0.1) is 0 Å². The zero-order valence-corrected chi connectivity index (χ0v) is 13.6. The zero-order chi connectivity index (χ0) is 15.5. The molecule has 0 spiro atoms. The normalized spacial score (nSPS) is 21.6. The summed E-state index contributed by atoms with van der Waals surface area (Å²) in [7, 11) is -3.47. The summed E-state index contributed by atoms with van der Waals surface area (Å²) >= 11 is 0. The van der Waals surface area contributed by atoms with Gasteiger partial charge in [0.05, 0.1) is 4.90 Å². The molecule has 2 atom stereocenters. The molecule has 2 unspecified atom stereocenters. The summed E-state index contributed by atoms with van der Waals surface area (Å²) in [5.74, 6) is 0. The van der Waals surface area contributed by atoms with Crippen molar-refractivity contribution in [3.05, 3.63) is 29.8 Å². The number of nitrogens with two attached hydrogens (primary N) is 1. The first-order chi connectivity index (χ1) is 9.94. The molecule has 0 radical (unpaired) electrons. The average Bonchev–Trinajstić information content (AvgIpc) is 2.93. The Morgan fingerprint density at radius 2 is 2.24 bits per heavy atom. The van der Waals surface area contributed by atoms with Gasteiger partial charge in [-0.1, -0.05) is 19.1 Å². The molecule has 1 fully saturated rings. The van der Waals surface area contributed by atoms with Crippen LogP contribution in [0.5, 0.6) is 0 Å². The van der Waals surface area contributed by atoms with Crippen LogP contribution < -0.4 is 10.5 Å². The highest BCUT2D eigenvalue weighted by atomic mass is 32.2. The second-order valence-corrected chi connectivity index (χ2v) is 7.40. The first kappa shape index (κ1) is 16.4. The van der Waals surface area contributed by atoms with Crippen molar-refractivity contribution < 1.29 is 8.42 Å². The van der Waals surface area contributed by atoms with Crippen molar-refractivity contribution in [2.24, 2.45) is 5.73 Å². The van der Waals surface area contributed by atoms with Crippen LogP contribution in [-0.2, 0) is 10.0 Å². The molecule has 6 heteroatoms. The van der Waals surface area contributed by atoms with Gasteiger partial charge in [0.2, 0.25) is 10.0 Å². The minimum absolute atomic E-state index is 0.175. The molecule has 118 valence electrons. The van der Waals surface area contributed by atoms with Gasteiger partial charge in [-0.25, -0.2) is 13.1 Å². The predicted octanol–water partition coefficient (Wildman–Crippen LogP) is 1.47. The van der Waals surface area contributed by atoms with Crippen molar-refractivity contribution >= 4 is 10.0 Å². The molecule has 1 aromatic rings.